The van der Waals surface area contributed by atoms with E-state index in [0.29, 0.717) is 12.1 Å². The Kier molecular flexibility index (Phi) is 9.82. The number of imidazole rings is 2. The zero-order chi connectivity index (χ0) is 34.0. The number of benzene rings is 2. The van der Waals surface area contributed by atoms with E-state index >= 15 is 0 Å². The van der Waals surface area contributed by atoms with Gasteiger partial charge in [-0.25, -0.2) is 9.97 Å². The molecule has 0 saturated carbocycles. The Morgan fingerprint density at radius 3 is 1.79 bits per heavy atom. The van der Waals surface area contributed by atoms with Gasteiger partial charge in [0.25, 0.3) is 0 Å². The van der Waals surface area contributed by atoms with Crippen LogP contribution in [0.15, 0.2) is 60.9 Å². The van der Waals surface area contributed by atoms with E-state index < -0.39 is 5.54 Å². The maximum atomic E-state index is 12.3. The van der Waals surface area contributed by atoms with Crippen LogP contribution in [0.25, 0.3) is 22.5 Å². The van der Waals surface area contributed by atoms with Crippen LogP contribution in [-0.4, -0.2) is 66.0 Å². The number of H-pyrrole nitrogens is 2. The summed E-state index contributed by atoms with van der Waals surface area (Å²) in [5.41, 5.74) is 5.37. The van der Waals surface area contributed by atoms with Gasteiger partial charge in [0.1, 0.15) is 24.2 Å². The van der Waals surface area contributed by atoms with Crippen molar-refractivity contribution >= 4 is 12.6 Å². The van der Waals surface area contributed by atoms with Gasteiger partial charge in [0.05, 0.1) is 47.4 Å². The molecule has 8 heteroatoms. The van der Waals surface area contributed by atoms with E-state index in [2.05, 4.69) is 97.4 Å². The van der Waals surface area contributed by atoms with Gasteiger partial charge >= 0.3 is 0 Å². The van der Waals surface area contributed by atoms with Crippen molar-refractivity contribution in [2.24, 2.45) is 5.92 Å². The smallest absolute Gasteiger partial charge is 0.140 e. The third-order valence-corrected chi connectivity index (χ3v) is 10.9. The standard InChI is InChI=1S/C40H48N6O2/c1-7-33(24-47)45-27(4)8-20-36(45)38-41-22-34(43-38)31-16-12-29(13-17-31)10-11-30-14-18-32(19-15-30)35-23-42-39(44-35)37-21-9-28(5)46(37)40(6,25-48)26(2)3/h12-19,22-28,33,36-37H,7-9,20-21H2,1-6H3,(H,41,43)(H,42,44)/t27-,28-,33-,36-,37-,40+/m0/s1. The Balaban J connectivity index is 1.11. The van der Waals surface area contributed by atoms with Crippen LogP contribution in [0, 0.1) is 17.8 Å². The van der Waals surface area contributed by atoms with E-state index in [9.17, 15) is 9.59 Å². The first-order valence-corrected chi connectivity index (χ1v) is 17.5. The van der Waals surface area contributed by atoms with Crippen molar-refractivity contribution < 1.29 is 9.59 Å². The fraction of sp³-hybridized carbons (Fsp3) is 0.450. The number of aromatic amines is 2. The first-order valence-electron chi connectivity index (χ1n) is 17.5. The summed E-state index contributed by atoms with van der Waals surface area (Å²) in [5.74, 6) is 8.63. The summed E-state index contributed by atoms with van der Waals surface area (Å²) >= 11 is 0. The van der Waals surface area contributed by atoms with Gasteiger partial charge in [-0.2, -0.15) is 0 Å². The molecule has 6 rings (SSSR count). The maximum absolute atomic E-state index is 12.3. The van der Waals surface area contributed by atoms with Gasteiger partial charge in [-0.15, -0.1) is 0 Å². The number of aromatic nitrogens is 4. The third-order valence-electron chi connectivity index (χ3n) is 10.9. The number of rotatable bonds is 10. The Morgan fingerprint density at radius 1 is 0.812 bits per heavy atom. The van der Waals surface area contributed by atoms with Gasteiger partial charge in [-0.3, -0.25) is 9.80 Å². The Morgan fingerprint density at radius 2 is 1.31 bits per heavy atom. The van der Waals surface area contributed by atoms with Gasteiger partial charge in [-0.05, 0) is 94.2 Å². The molecular formula is C40H48N6O2. The number of hydrogen-bond donors (Lipinski definition) is 2. The lowest BCUT2D eigenvalue weighted by Crippen LogP contribution is -2.54. The average Bonchev–Trinajstić information content (AvgIpc) is 3.92. The molecular weight excluding hydrogens is 596 g/mol. The molecule has 4 aromatic rings. The second-order valence-electron chi connectivity index (χ2n) is 14.1. The van der Waals surface area contributed by atoms with Crippen LogP contribution in [-0.2, 0) is 9.59 Å². The predicted molar refractivity (Wildman–Crippen MR) is 190 cm³/mol. The van der Waals surface area contributed by atoms with Gasteiger partial charge in [-0.1, -0.05) is 56.9 Å². The third kappa shape index (κ3) is 6.42. The van der Waals surface area contributed by atoms with Gasteiger partial charge < -0.3 is 19.6 Å². The van der Waals surface area contributed by atoms with Crippen LogP contribution in [0.3, 0.4) is 0 Å². The molecule has 0 amide bonds. The molecule has 2 fully saturated rings. The summed E-state index contributed by atoms with van der Waals surface area (Å²) in [6, 6.07) is 17.2. The van der Waals surface area contributed by atoms with Crippen LogP contribution < -0.4 is 0 Å². The minimum Gasteiger partial charge on any atom is -0.341 e. The summed E-state index contributed by atoms with van der Waals surface area (Å²) in [7, 11) is 0. The molecule has 2 aliphatic heterocycles. The zero-order valence-corrected chi connectivity index (χ0v) is 29.0. The molecule has 2 aliphatic rings. The van der Waals surface area contributed by atoms with Crippen LogP contribution in [0.1, 0.15) is 109 Å². The SMILES string of the molecule is CC[C@@H](C=O)N1[C@@H](C)CC[C@H]1c1ncc(-c2ccc(C#Cc3ccc(-c4cnc([C@@H]5CC[C@H](C)N5[C@](C)(C=O)C(C)C)[nH]4)cc3)cc2)[nH]1. The van der Waals surface area contributed by atoms with Crippen molar-refractivity contribution in [3.8, 4) is 34.4 Å². The van der Waals surface area contributed by atoms with Crippen molar-refractivity contribution in [3.05, 3.63) is 83.7 Å². The lowest BCUT2D eigenvalue weighted by molar-refractivity contribution is -0.123. The number of carbonyl (C=O) groups excluding carboxylic acids is 2. The molecule has 2 N–H and O–H groups in total. The van der Waals surface area contributed by atoms with E-state index in [1.54, 1.807) is 0 Å². The Hall–Kier alpha value is -4.32. The molecule has 2 aromatic carbocycles. The van der Waals surface area contributed by atoms with Crippen LogP contribution in [0.5, 0.6) is 0 Å². The highest BCUT2D eigenvalue weighted by molar-refractivity contribution is 5.65. The molecule has 48 heavy (non-hydrogen) atoms. The normalized spacial score (nSPS) is 23.5. The summed E-state index contributed by atoms with van der Waals surface area (Å²) in [5, 5.41) is 0. The molecule has 2 aromatic heterocycles. The second-order valence-corrected chi connectivity index (χ2v) is 14.1. The predicted octanol–water partition coefficient (Wildman–Crippen LogP) is 7.51. The molecule has 4 heterocycles. The highest BCUT2D eigenvalue weighted by atomic mass is 16.1. The zero-order valence-electron chi connectivity index (χ0n) is 29.0. The number of nitrogens with zero attached hydrogens (tertiary/aromatic N) is 4. The molecule has 2 saturated heterocycles. The first-order chi connectivity index (χ1) is 23.2. The monoisotopic (exact) mass is 644 g/mol. The lowest BCUT2D eigenvalue weighted by atomic mass is 9.86. The van der Waals surface area contributed by atoms with E-state index in [0.717, 1.165) is 90.0 Å². The van der Waals surface area contributed by atoms with E-state index in [4.69, 9.17) is 9.97 Å². The van der Waals surface area contributed by atoms with Crippen molar-refractivity contribution in [2.75, 3.05) is 0 Å². The van der Waals surface area contributed by atoms with E-state index in [-0.39, 0.29) is 24.0 Å². The quantitative estimate of drug-likeness (QED) is 0.137. The number of hydrogen-bond acceptors (Lipinski definition) is 6. The number of aldehydes is 2. The van der Waals surface area contributed by atoms with Gasteiger partial charge in [0, 0.05) is 23.2 Å². The highest BCUT2D eigenvalue weighted by Gasteiger charge is 2.46. The molecule has 0 bridgehead atoms. The van der Waals surface area contributed by atoms with Crippen LogP contribution in [0.4, 0.5) is 0 Å². The van der Waals surface area contributed by atoms with Crippen molar-refractivity contribution in [1.82, 2.24) is 29.7 Å². The molecule has 8 nitrogen and oxygen atoms in total. The average molecular weight is 645 g/mol. The van der Waals surface area contributed by atoms with Crippen LogP contribution in [0.2, 0.25) is 0 Å². The minimum atomic E-state index is -0.538. The molecule has 0 spiro atoms. The Labute approximate surface area is 284 Å². The molecule has 0 aliphatic carbocycles. The largest absolute Gasteiger partial charge is 0.341 e. The van der Waals surface area contributed by atoms with E-state index in [1.165, 1.54) is 0 Å². The maximum Gasteiger partial charge on any atom is 0.140 e. The minimum absolute atomic E-state index is 0.0813. The molecule has 0 radical (unpaired) electrons. The van der Waals surface area contributed by atoms with Crippen molar-refractivity contribution in [1.29, 1.82) is 0 Å². The number of carbonyl (C=O) groups is 2. The molecule has 6 atom stereocenters. The molecule has 250 valence electrons. The van der Waals surface area contributed by atoms with Gasteiger partial charge in [0.2, 0.25) is 0 Å². The van der Waals surface area contributed by atoms with Crippen molar-refractivity contribution in [2.45, 2.75) is 109 Å². The van der Waals surface area contributed by atoms with Gasteiger partial charge in [0.15, 0.2) is 0 Å². The second kappa shape index (κ2) is 14.0. The first kappa shape index (κ1) is 33.6. The summed E-state index contributed by atoms with van der Waals surface area (Å²) in [6.07, 6.45) is 10.9. The Bertz CT molecular complexity index is 1780. The highest BCUT2D eigenvalue weighted by Crippen LogP contribution is 2.43. The number of likely N-dealkylation sites (tertiary alicyclic amines) is 2. The molecule has 0 unspecified atom stereocenters. The summed E-state index contributed by atoms with van der Waals surface area (Å²) in [6.45, 7) is 12.8. The topological polar surface area (TPSA) is 98.0 Å². The van der Waals surface area contributed by atoms with E-state index in [1.807, 2.05) is 36.7 Å². The summed E-state index contributed by atoms with van der Waals surface area (Å²) < 4.78 is 0. The van der Waals surface area contributed by atoms with Crippen molar-refractivity contribution in [3.63, 3.8) is 0 Å². The fourth-order valence-corrected chi connectivity index (χ4v) is 7.69. The number of nitrogens with one attached hydrogen (secondary N) is 2. The summed E-state index contributed by atoms with van der Waals surface area (Å²) in [4.78, 5) is 45.2. The van der Waals surface area contributed by atoms with Crippen LogP contribution >= 0.6 is 0 Å². The fourth-order valence-electron chi connectivity index (χ4n) is 7.69. The lowest BCUT2D eigenvalue weighted by Gasteiger charge is -2.43.